The monoisotopic (exact) mass is 262 g/mol. The Morgan fingerprint density at radius 2 is 2.16 bits per heavy atom. The second-order valence-electron chi connectivity index (χ2n) is 4.53. The second-order valence-corrected chi connectivity index (χ2v) is 4.53. The molecule has 1 aliphatic rings. The third-order valence-corrected chi connectivity index (χ3v) is 3.24. The summed E-state index contributed by atoms with van der Waals surface area (Å²) in [4.78, 5) is 29.6. The number of aromatic nitrogens is 1. The van der Waals surface area contributed by atoms with Gasteiger partial charge in [0.05, 0.1) is 13.0 Å². The van der Waals surface area contributed by atoms with E-state index in [4.69, 9.17) is 4.74 Å². The van der Waals surface area contributed by atoms with Crippen molar-refractivity contribution in [1.29, 1.82) is 0 Å². The lowest BCUT2D eigenvalue weighted by atomic mass is 10.1. The fraction of sp³-hybridized carbons (Fsp3) is 0.500. The fourth-order valence-corrected chi connectivity index (χ4v) is 2.33. The Bertz CT molecular complexity index is 447. The van der Waals surface area contributed by atoms with Gasteiger partial charge in [-0.25, -0.2) is 4.79 Å². The van der Waals surface area contributed by atoms with Crippen molar-refractivity contribution < 1.29 is 14.3 Å². The maximum atomic E-state index is 12.2. The molecule has 0 spiro atoms. The van der Waals surface area contributed by atoms with E-state index in [9.17, 15) is 9.59 Å². The van der Waals surface area contributed by atoms with Crippen molar-refractivity contribution >= 4 is 11.9 Å². The molecule has 0 bridgehead atoms. The van der Waals surface area contributed by atoms with Gasteiger partial charge in [-0.1, -0.05) is 0 Å². The lowest BCUT2D eigenvalue weighted by Gasteiger charge is -2.23. The number of ether oxygens (including phenoxy) is 1. The molecule has 1 atom stereocenters. The minimum absolute atomic E-state index is 0.0262. The molecule has 1 amide bonds. The summed E-state index contributed by atoms with van der Waals surface area (Å²) in [6.45, 7) is 2.76. The quantitative estimate of drug-likeness (QED) is 0.764. The Kier molecular flexibility index (Phi) is 4.49. The van der Waals surface area contributed by atoms with Gasteiger partial charge in [0.2, 0.25) is 5.91 Å². The number of rotatable bonds is 4. The minimum atomic E-state index is -0.408. The Labute approximate surface area is 112 Å². The van der Waals surface area contributed by atoms with Crippen molar-refractivity contribution in [3.05, 3.63) is 30.1 Å². The van der Waals surface area contributed by atoms with Crippen molar-refractivity contribution in [3.63, 3.8) is 0 Å². The topological polar surface area (TPSA) is 59.5 Å². The second kappa shape index (κ2) is 6.31. The first kappa shape index (κ1) is 13.5. The summed E-state index contributed by atoms with van der Waals surface area (Å²) < 4.78 is 5.01. The van der Waals surface area contributed by atoms with Crippen molar-refractivity contribution in [3.8, 4) is 0 Å². The first-order chi connectivity index (χ1) is 9.22. The molecule has 1 unspecified atom stereocenters. The molecule has 5 nitrogen and oxygen atoms in total. The zero-order valence-corrected chi connectivity index (χ0v) is 11.0. The van der Waals surface area contributed by atoms with Gasteiger partial charge >= 0.3 is 5.97 Å². The molecule has 0 N–H and O–H groups in total. The Morgan fingerprint density at radius 1 is 1.42 bits per heavy atom. The van der Waals surface area contributed by atoms with Crippen LogP contribution in [0.5, 0.6) is 0 Å². The van der Waals surface area contributed by atoms with E-state index in [-0.39, 0.29) is 11.9 Å². The molecule has 1 saturated heterocycles. The zero-order valence-electron chi connectivity index (χ0n) is 11.0. The average Bonchev–Trinajstić information content (AvgIpc) is 2.89. The molecule has 1 aromatic heterocycles. The summed E-state index contributed by atoms with van der Waals surface area (Å²) >= 11 is 0. The van der Waals surface area contributed by atoms with E-state index >= 15 is 0 Å². The van der Waals surface area contributed by atoms with Gasteiger partial charge in [0.15, 0.2) is 0 Å². The number of amides is 1. The SMILES string of the molecule is CCOC(=O)C1CCCN1C(=O)Cc1ccncc1. The number of pyridine rings is 1. The summed E-state index contributed by atoms with van der Waals surface area (Å²) in [5.74, 6) is -0.315. The minimum Gasteiger partial charge on any atom is -0.464 e. The smallest absolute Gasteiger partial charge is 0.328 e. The molecule has 0 radical (unpaired) electrons. The molecule has 0 aliphatic carbocycles. The van der Waals surface area contributed by atoms with Crippen LogP contribution in [-0.2, 0) is 20.7 Å². The van der Waals surface area contributed by atoms with Crippen LogP contribution in [0.15, 0.2) is 24.5 Å². The van der Waals surface area contributed by atoms with E-state index in [1.54, 1.807) is 24.2 Å². The molecule has 2 heterocycles. The molecule has 0 aromatic carbocycles. The van der Waals surface area contributed by atoms with Crippen molar-refractivity contribution in [2.45, 2.75) is 32.2 Å². The van der Waals surface area contributed by atoms with Crippen LogP contribution >= 0.6 is 0 Å². The molecule has 5 heteroatoms. The van der Waals surface area contributed by atoms with E-state index in [2.05, 4.69) is 4.98 Å². The first-order valence-corrected chi connectivity index (χ1v) is 6.57. The number of likely N-dealkylation sites (tertiary alicyclic amines) is 1. The first-order valence-electron chi connectivity index (χ1n) is 6.57. The van der Waals surface area contributed by atoms with E-state index in [0.717, 1.165) is 12.0 Å². The Hall–Kier alpha value is -1.91. The lowest BCUT2D eigenvalue weighted by molar-refractivity contribution is -0.152. The predicted molar refractivity (Wildman–Crippen MR) is 69.3 cm³/mol. The molecule has 2 rings (SSSR count). The van der Waals surface area contributed by atoms with Crippen LogP contribution in [0.3, 0.4) is 0 Å². The Morgan fingerprint density at radius 3 is 2.84 bits per heavy atom. The van der Waals surface area contributed by atoms with Crippen LogP contribution in [0.4, 0.5) is 0 Å². The number of esters is 1. The van der Waals surface area contributed by atoms with Gasteiger partial charge in [-0.3, -0.25) is 9.78 Å². The van der Waals surface area contributed by atoms with Crippen LogP contribution in [-0.4, -0.2) is 41.0 Å². The van der Waals surface area contributed by atoms with Crippen molar-refractivity contribution in [2.24, 2.45) is 0 Å². The largest absolute Gasteiger partial charge is 0.464 e. The summed E-state index contributed by atoms with van der Waals surface area (Å²) in [7, 11) is 0. The molecule has 1 aliphatic heterocycles. The summed E-state index contributed by atoms with van der Waals surface area (Å²) in [6.07, 6.45) is 5.18. The highest BCUT2D eigenvalue weighted by molar-refractivity contribution is 5.86. The summed E-state index contributed by atoms with van der Waals surface area (Å²) in [5.41, 5.74) is 0.912. The average molecular weight is 262 g/mol. The standard InChI is InChI=1S/C14H18N2O3/c1-2-19-14(18)12-4-3-9-16(12)13(17)10-11-5-7-15-8-6-11/h5-8,12H,2-4,9-10H2,1H3. The van der Waals surface area contributed by atoms with Gasteiger partial charge < -0.3 is 9.64 Å². The van der Waals surface area contributed by atoms with Gasteiger partial charge in [0.1, 0.15) is 6.04 Å². The van der Waals surface area contributed by atoms with E-state index in [1.165, 1.54) is 0 Å². The van der Waals surface area contributed by atoms with Crippen molar-refractivity contribution in [1.82, 2.24) is 9.88 Å². The Balaban J connectivity index is 2.00. The van der Waals surface area contributed by atoms with Crippen LogP contribution < -0.4 is 0 Å². The van der Waals surface area contributed by atoms with Gasteiger partial charge in [0, 0.05) is 18.9 Å². The molecule has 1 aromatic rings. The third-order valence-electron chi connectivity index (χ3n) is 3.24. The van der Waals surface area contributed by atoms with Crippen LogP contribution in [0.1, 0.15) is 25.3 Å². The number of carbonyl (C=O) groups excluding carboxylic acids is 2. The maximum absolute atomic E-state index is 12.2. The fourth-order valence-electron chi connectivity index (χ4n) is 2.33. The number of hydrogen-bond acceptors (Lipinski definition) is 4. The van der Waals surface area contributed by atoms with Crippen LogP contribution in [0.25, 0.3) is 0 Å². The molecular formula is C14H18N2O3. The van der Waals surface area contributed by atoms with Gasteiger partial charge in [-0.2, -0.15) is 0 Å². The summed E-state index contributed by atoms with van der Waals surface area (Å²) in [5, 5.41) is 0. The van der Waals surface area contributed by atoms with Gasteiger partial charge in [0.25, 0.3) is 0 Å². The number of carbonyl (C=O) groups is 2. The highest BCUT2D eigenvalue weighted by Crippen LogP contribution is 2.19. The summed E-state index contributed by atoms with van der Waals surface area (Å²) in [6, 6.07) is 3.22. The highest BCUT2D eigenvalue weighted by Gasteiger charge is 2.34. The molecule has 0 saturated carbocycles. The third kappa shape index (κ3) is 3.30. The van der Waals surface area contributed by atoms with Crippen molar-refractivity contribution in [2.75, 3.05) is 13.2 Å². The van der Waals surface area contributed by atoms with E-state index in [1.807, 2.05) is 12.1 Å². The molecule has 1 fully saturated rings. The zero-order chi connectivity index (χ0) is 13.7. The van der Waals surface area contributed by atoms with E-state index < -0.39 is 6.04 Å². The van der Waals surface area contributed by atoms with Gasteiger partial charge in [-0.05, 0) is 37.5 Å². The molecule has 19 heavy (non-hydrogen) atoms. The maximum Gasteiger partial charge on any atom is 0.328 e. The highest BCUT2D eigenvalue weighted by atomic mass is 16.5. The van der Waals surface area contributed by atoms with Crippen LogP contribution in [0, 0.1) is 0 Å². The van der Waals surface area contributed by atoms with Crippen LogP contribution in [0.2, 0.25) is 0 Å². The predicted octanol–water partition coefficient (Wildman–Crippen LogP) is 1.18. The number of hydrogen-bond donors (Lipinski definition) is 0. The number of nitrogens with zero attached hydrogens (tertiary/aromatic N) is 2. The molecular weight excluding hydrogens is 244 g/mol. The van der Waals surface area contributed by atoms with Gasteiger partial charge in [-0.15, -0.1) is 0 Å². The molecule has 102 valence electrons. The normalized spacial score (nSPS) is 18.4. The lowest BCUT2D eigenvalue weighted by Crippen LogP contribution is -2.42. The van der Waals surface area contributed by atoms with E-state index in [0.29, 0.717) is 26.0 Å².